The molecule has 1 atom stereocenters. The zero-order valence-corrected chi connectivity index (χ0v) is 14.0. The Bertz CT molecular complexity index is 461. The summed E-state index contributed by atoms with van der Waals surface area (Å²) in [5.74, 6) is 2.85. The quantitative estimate of drug-likeness (QED) is 0.874. The van der Waals surface area contributed by atoms with Crippen LogP contribution in [0.15, 0.2) is 24.3 Å². The van der Waals surface area contributed by atoms with E-state index >= 15 is 0 Å². The maximum atomic E-state index is 12.4. The van der Waals surface area contributed by atoms with Crippen LogP contribution in [0.5, 0.6) is 5.75 Å². The van der Waals surface area contributed by atoms with Gasteiger partial charge < -0.3 is 19.7 Å². The molecular formula is C16H24N2O3S. The number of urea groups is 1. The molecule has 6 heteroatoms. The largest absolute Gasteiger partial charge is 0.494 e. The summed E-state index contributed by atoms with van der Waals surface area (Å²) in [6, 6.07) is 7.62. The first kappa shape index (κ1) is 17.0. The minimum atomic E-state index is -0.150. The van der Waals surface area contributed by atoms with Crippen molar-refractivity contribution in [3.8, 4) is 5.75 Å². The number of nitrogens with zero attached hydrogens (tertiary/aromatic N) is 1. The number of ether oxygens (including phenoxy) is 2. The monoisotopic (exact) mass is 324 g/mol. The highest BCUT2D eigenvalue weighted by Crippen LogP contribution is 2.19. The van der Waals surface area contributed by atoms with E-state index < -0.39 is 0 Å². The van der Waals surface area contributed by atoms with Crippen molar-refractivity contribution in [2.45, 2.75) is 13.0 Å². The minimum absolute atomic E-state index is 0.0174. The van der Waals surface area contributed by atoms with Crippen LogP contribution in [0.1, 0.15) is 18.5 Å². The van der Waals surface area contributed by atoms with Crippen LogP contribution >= 0.6 is 11.8 Å². The molecule has 122 valence electrons. The number of nitrogens with one attached hydrogen (secondary N) is 1. The van der Waals surface area contributed by atoms with Crippen LogP contribution in [0.4, 0.5) is 4.79 Å². The fourth-order valence-corrected chi connectivity index (χ4v) is 3.26. The molecule has 0 unspecified atom stereocenters. The van der Waals surface area contributed by atoms with Crippen LogP contribution in [-0.2, 0) is 4.74 Å². The Morgan fingerprint density at radius 3 is 2.59 bits per heavy atom. The summed E-state index contributed by atoms with van der Waals surface area (Å²) in [5.41, 5.74) is 1.02. The Labute approximate surface area is 136 Å². The molecule has 0 aliphatic carbocycles. The molecule has 0 radical (unpaired) electrons. The zero-order valence-electron chi connectivity index (χ0n) is 13.2. The van der Waals surface area contributed by atoms with Crippen molar-refractivity contribution in [3.63, 3.8) is 0 Å². The molecule has 1 heterocycles. The fraction of sp³-hybridized carbons (Fsp3) is 0.562. The average Bonchev–Trinajstić information content (AvgIpc) is 2.56. The van der Waals surface area contributed by atoms with E-state index in [-0.39, 0.29) is 12.1 Å². The number of carbonyl (C=O) groups is 1. The molecule has 0 bridgehead atoms. The first-order valence-corrected chi connectivity index (χ1v) is 8.75. The third-order valence-corrected chi connectivity index (χ3v) is 4.47. The van der Waals surface area contributed by atoms with Crippen molar-refractivity contribution in [2.24, 2.45) is 0 Å². The molecule has 1 N–H and O–H groups in total. The maximum absolute atomic E-state index is 12.4. The number of amides is 2. The van der Waals surface area contributed by atoms with E-state index in [9.17, 15) is 4.79 Å². The Kier molecular flexibility index (Phi) is 6.86. The van der Waals surface area contributed by atoms with E-state index in [4.69, 9.17) is 9.47 Å². The second kappa shape index (κ2) is 8.90. The molecule has 1 aliphatic rings. The van der Waals surface area contributed by atoms with Crippen molar-refractivity contribution < 1.29 is 14.3 Å². The normalized spacial score (nSPS) is 16.2. The molecule has 5 nitrogen and oxygen atoms in total. The van der Waals surface area contributed by atoms with Crippen LogP contribution in [0.2, 0.25) is 0 Å². The topological polar surface area (TPSA) is 50.8 Å². The first-order chi connectivity index (χ1) is 10.7. The number of rotatable bonds is 6. The van der Waals surface area contributed by atoms with Crippen molar-refractivity contribution >= 4 is 17.8 Å². The molecule has 0 saturated carbocycles. The molecule has 1 aliphatic heterocycles. The predicted molar refractivity (Wildman–Crippen MR) is 89.7 cm³/mol. The number of methoxy groups -OCH3 is 1. The summed E-state index contributed by atoms with van der Waals surface area (Å²) < 4.78 is 10.7. The lowest BCUT2D eigenvalue weighted by Crippen LogP contribution is -2.46. The van der Waals surface area contributed by atoms with Gasteiger partial charge in [-0.3, -0.25) is 0 Å². The number of hydrogen-bond acceptors (Lipinski definition) is 4. The van der Waals surface area contributed by atoms with Gasteiger partial charge in [0, 0.05) is 31.7 Å². The van der Waals surface area contributed by atoms with Crippen molar-refractivity contribution in [3.05, 3.63) is 29.8 Å². The van der Waals surface area contributed by atoms with Gasteiger partial charge in [0.2, 0.25) is 0 Å². The van der Waals surface area contributed by atoms with Gasteiger partial charge in [0.25, 0.3) is 0 Å². The van der Waals surface area contributed by atoms with Gasteiger partial charge in [-0.05, 0) is 24.6 Å². The lowest BCUT2D eigenvalue weighted by Gasteiger charge is -2.29. The molecule has 22 heavy (non-hydrogen) atoms. The molecule has 2 amide bonds. The second-order valence-electron chi connectivity index (χ2n) is 5.06. The molecule has 2 rings (SSSR count). The Hall–Kier alpha value is -1.40. The summed E-state index contributed by atoms with van der Waals surface area (Å²) in [5, 5.41) is 3.07. The number of benzene rings is 1. The molecule has 1 aromatic carbocycles. The van der Waals surface area contributed by atoms with Crippen LogP contribution in [0, 0.1) is 0 Å². The van der Waals surface area contributed by atoms with E-state index in [0.29, 0.717) is 13.2 Å². The highest BCUT2D eigenvalue weighted by Gasteiger charge is 2.21. The van der Waals surface area contributed by atoms with E-state index in [1.54, 1.807) is 7.11 Å². The van der Waals surface area contributed by atoms with E-state index in [1.165, 1.54) is 0 Å². The summed E-state index contributed by atoms with van der Waals surface area (Å²) in [6.07, 6.45) is 0. The van der Waals surface area contributed by atoms with Crippen molar-refractivity contribution in [1.82, 2.24) is 10.2 Å². The van der Waals surface area contributed by atoms with Crippen LogP contribution in [0.3, 0.4) is 0 Å². The Balaban J connectivity index is 2.00. The standard InChI is InChI=1S/C16H24N2O3S/c1-3-21-14-6-4-13(5-7-14)15(12-20-2)17-16(19)18-8-10-22-11-9-18/h4-7,15H,3,8-12H2,1-2H3,(H,17,19)/t15-/m0/s1. The van der Waals surface area contributed by atoms with Crippen LogP contribution in [-0.4, -0.2) is 55.8 Å². The van der Waals surface area contributed by atoms with Gasteiger partial charge in [0.05, 0.1) is 19.3 Å². The second-order valence-corrected chi connectivity index (χ2v) is 6.28. The van der Waals surface area contributed by atoms with Crippen molar-refractivity contribution in [2.75, 3.05) is 44.9 Å². The number of carbonyl (C=O) groups excluding carboxylic acids is 1. The third-order valence-electron chi connectivity index (χ3n) is 3.52. The van der Waals surface area contributed by atoms with Crippen LogP contribution in [0.25, 0.3) is 0 Å². The molecule has 1 saturated heterocycles. The molecule has 0 spiro atoms. The Morgan fingerprint density at radius 2 is 2.00 bits per heavy atom. The van der Waals surface area contributed by atoms with Gasteiger partial charge >= 0.3 is 6.03 Å². The number of hydrogen-bond donors (Lipinski definition) is 1. The highest BCUT2D eigenvalue weighted by molar-refractivity contribution is 7.99. The van der Waals surface area contributed by atoms with E-state index in [1.807, 2.05) is 47.9 Å². The van der Waals surface area contributed by atoms with Gasteiger partial charge in [-0.25, -0.2) is 4.79 Å². The van der Waals surface area contributed by atoms with Gasteiger partial charge in [0.1, 0.15) is 5.75 Å². The predicted octanol–water partition coefficient (Wildman–Crippen LogP) is 2.53. The van der Waals surface area contributed by atoms with Gasteiger partial charge in [-0.2, -0.15) is 11.8 Å². The van der Waals surface area contributed by atoms with Crippen LogP contribution < -0.4 is 10.1 Å². The molecule has 1 aromatic rings. The zero-order chi connectivity index (χ0) is 15.8. The number of thioether (sulfide) groups is 1. The van der Waals surface area contributed by atoms with Gasteiger partial charge in [-0.1, -0.05) is 12.1 Å². The molecular weight excluding hydrogens is 300 g/mol. The smallest absolute Gasteiger partial charge is 0.318 e. The van der Waals surface area contributed by atoms with Gasteiger partial charge in [-0.15, -0.1) is 0 Å². The average molecular weight is 324 g/mol. The SMILES string of the molecule is CCOc1ccc([C@H](COC)NC(=O)N2CCSCC2)cc1. The third kappa shape index (κ3) is 4.81. The highest BCUT2D eigenvalue weighted by atomic mass is 32.2. The van der Waals surface area contributed by atoms with Gasteiger partial charge in [0.15, 0.2) is 0 Å². The summed E-state index contributed by atoms with van der Waals surface area (Å²) in [4.78, 5) is 14.2. The maximum Gasteiger partial charge on any atom is 0.318 e. The molecule has 1 fully saturated rings. The first-order valence-electron chi connectivity index (χ1n) is 7.59. The minimum Gasteiger partial charge on any atom is -0.494 e. The Morgan fingerprint density at radius 1 is 1.32 bits per heavy atom. The lowest BCUT2D eigenvalue weighted by molar-refractivity contribution is 0.156. The fourth-order valence-electron chi connectivity index (χ4n) is 2.36. The van der Waals surface area contributed by atoms with Crippen molar-refractivity contribution in [1.29, 1.82) is 0 Å². The summed E-state index contributed by atoms with van der Waals surface area (Å²) in [6.45, 7) is 4.66. The lowest BCUT2D eigenvalue weighted by atomic mass is 10.1. The van der Waals surface area contributed by atoms with E-state index in [0.717, 1.165) is 35.9 Å². The summed E-state index contributed by atoms with van der Waals surface area (Å²) >= 11 is 1.89. The summed E-state index contributed by atoms with van der Waals surface area (Å²) in [7, 11) is 1.64. The van der Waals surface area contributed by atoms with E-state index in [2.05, 4.69) is 5.32 Å². The molecule has 0 aromatic heterocycles.